The first-order valence-electron chi connectivity index (χ1n) is 6.60. The molecule has 1 saturated heterocycles. The minimum atomic E-state index is -2.92. The van der Waals surface area contributed by atoms with Crippen molar-refractivity contribution in [2.45, 2.75) is 37.9 Å². The predicted molar refractivity (Wildman–Crippen MR) is 75.7 cm³/mol. The minimum absolute atomic E-state index is 0.298. The molecule has 0 spiro atoms. The van der Waals surface area contributed by atoms with Crippen LogP contribution in [0.25, 0.3) is 0 Å². The molecule has 0 radical (unpaired) electrons. The highest BCUT2D eigenvalue weighted by Crippen LogP contribution is 2.20. The summed E-state index contributed by atoms with van der Waals surface area (Å²) in [6.45, 7) is 2.44. The van der Waals surface area contributed by atoms with Gasteiger partial charge < -0.3 is 11.1 Å². The molecule has 1 fully saturated rings. The lowest BCUT2D eigenvalue weighted by molar-refractivity contribution is 0.591. The third-order valence-corrected chi connectivity index (χ3v) is 5.52. The van der Waals surface area contributed by atoms with Gasteiger partial charge in [0.05, 0.1) is 11.0 Å². The summed E-state index contributed by atoms with van der Waals surface area (Å²) in [4.78, 5) is 8.48. The largest absolute Gasteiger partial charge is 0.384 e. The number of aryl methyl sites for hydroxylation is 1. The van der Waals surface area contributed by atoms with E-state index < -0.39 is 9.84 Å². The Balaban J connectivity index is 2.03. The van der Waals surface area contributed by atoms with Crippen LogP contribution >= 0.6 is 0 Å². The van der Waals surface area contributed by atoms with Crippen molar-refractivity contribution < 1.29 is 8.42 Å². The van der Waals surface area contributed by atoms with Gasteiger partial charge in [-0.1, -0.05) is 6.92 Å². The van der Waals surface area contributed by atoms with Crippen LogP contribution in [0, 0.1) is 0 Å². The second kappa shape index (κ2) is 5.73. The van der Waals surface area contributed by atoms with E-state index in [1.807, 2.05) is 6.92 Å². The molecule has 0 amide bonds. The van der Waals surface area contributed by atoms with Crippen LogP contribution in [-0.2, 0) is 16.3 Å². The Morgan fingerprint density at radius 1 is 1.47 bits per heavy atom. The van der Waals surface area contributed by atoms with E-state index in [2.05, 4.69) is 15.3 Å². The Kier molecular flexibility index (Phi) is 4.24. The second-order valence-corrected chi connectivity index (χ2v) is 7.26. The highest BCUT2D eigenvalue weighted by Gasteiger charge is 2.30. The summed E-state index contributed by atoms with van der Waals surface area (Å²) in [5, 5.41) is 2.76. The summed E-state index contributed by atoms with van der Waals surface area (Å²) in [5.41, 5.74) is 5.72. The zero-order valence-corrected chi connectivity index (χ0v) is 11.9. The molecule has 6 nitrogen and oxygen atoms in total. The summed E-state index contributed by atoms with van der Waals surface area (Å²) in [7, 11) is -2.92. The molecule has 3 N–H and O–H groups in total. The smallest absolute Gasteiger partial charge is 0.154 e. The number of nitrogen functional groups attached to an aromatic ring is 1. The molecule has 7 heteroatoms. The van der Waals surface area contributed by atoms with Gasteiger partial charge in [0.15, 0.2) is 9.84 Å². The molecule has 1 unspecified atom stereocenters. The van der Waals surface area contributed by atoms with Crippen molar-refractivity contribution in [1.82, 2.24) is 9.97 Å². The van der Waals surface area contributed by atoms with Crippen molar-refractivity contribution in [2.24, 2.45) is 0 Å². The van der Waals surface area contributed by atoms with E-state index in [1.165, 1.54) is 0 Å². The number of sulfone groups is 1. The van der Waals surface area contributed by atoms with Gasteiger partial charge in [-0.2, -0.15) is 0 Å². The molecule has 1 aromatic heterocycles. The fraction of sp³-hybridized carbons (Fsp3) is 0.667. The summed E-state index contributed by atoms with van der Waals surface area (Å²) >= 11 is 0. The van der Waals surface area contributed by atoms with E-state index in [1.54, 1.807) is 6.07 Å². The first kappa shape index (κ1) is 14.0. The second-order valence-electron chi connectivity index (χ2n) is 4.86. The SMILES string of the molecule is CCCc1nc(N)cc(NCC2CCCS2(=O)=O)n1. The number of nitrogens with zero attached hydrogens (tertiary/aromatic N) is 2. The van der Waals surface area contributed by atoms with E-state index in [4.69, 9.17) is 5.73 Å². The topological polar surface area (TPSA) is 98.0 Å². The quantitative estimate of drug-likeness (QED) is 0.837. The number of nitrogens with one attached hydrogen (secondary N) is 1. The van der Waals surface area contributed by atoms with Crippen LogP contribution in [0.4, 0.5) is 11.6 Å². The number of anilines is 2. The maximum atomic E-state index is 11.7. The maximum Gasteiger partial charge on any atom is 0.154 e. The average Bonchev–Trinajstić information content (AvgIpc) is 2.65. The summed E-state index contributed by atoms with van der Waals surface area (Å²) < 4.78 is 23.4. The van der Waals surface area contributed by atoms with Crippen LogP contribution in [-0.4, -0.2) is 35.9 Å². The highest BCUT2D eigenvalue weighted by atomic mass is 32.2. The minimum Gasteiger partial charge on any atom is -0.384 e. The zero-order valence-electron chi connectivity index (χ0n) is 11.1. The Morgan fingerprint density at radius 3 is 2.89 bits per heavy atom. The Bertz CT molecular complexity index is 545. The fourth-order valence-electron chi connectivity index (χ4n) is 2.25. The van der Waals surface area contributed by atoms with Crippen molar-refractivity contribution in [3.63, 3.8) is 0 Å². The number of rotatable bonds is 5. The van der Waals surface area contributed by atoms with Gasteiger partial charge in [0.2, 0.25) is 0 Å². The van der Waals surface area contributed by atoms with Gasteiger partial charge in [-0.3, -0.25) is 0 Å². The van der Waals surface area contributed by atoms with Gasteiger partial charge in [0, 0.05) is 19.0 Å². The van der Waals surface area contributed by atoms with Crippen LogP contribution < -0.4 is 11.1 Å². The van der Waals surface area contributed by atoms with E-state index in [-0.39, 0.29) is 5.25 Å². The number of aromatic nitrogens is 2. The molecular weight excluding hydrogens is 264 g/mol. The average molecular weight is 284 g/mol. The Labute approximate surface area is 113 Å². The summed E-state index contributed by atoms with van der Waals surface area (Å²) in [5.74, 6) is 2.01. The van der Waals surface area contributed by atoms with Crippen LogP contribution in [0.2, 0.25) is 0 Å². The van der Waals surface area contributed by atoms with Crippen LogP contribution in [0.5, 0.6) is 0 Å². The molecule has 0 aromatic carbocycles. The third kappa shape index (κ3) is 3.56. The van der Waals surface area contributed by atoms with Crippen LogP contribution in [0.15, 0.2) is 6.07 Å². The van der Waals surface area contributed by atoms with Gasteiger partial charge in [0.25, 0.3) is 0 Å². The van der Waals surface area contributed by atoms with Crippen molar-refractivity contribution in [2.75, 3.05) is 23.3 Å². The van der Waals surface area contributed by atoms with E-state index >= 15 is 0 Å². The van der Waals surface area contributed by atoms with Gasteiger partial charge in [-0.05, 0) is 19.3 Å². The molecule has 0 aliphatic carbocycles. The Morgan fingerprint density at radius 2 is 2.26 bits per heavy atom. The number of hydrogen-bond donors (Lipinski definition) is 2. The number of hydrogen-bond acceptors (Lipinski definition) is 6. The first-order valence-corrected chi connectivity index (χ1v) is 8.31. The van der Waals surface area contributed by atoms with Crippen molar-refractivity contribution in [1.29, 1.82) is 0 Å². The molecule has 2 heterocycles. The van der Waals surface area contributed by atoms with Gasteiger partial charge >= 0.3 is 0 Å². The maximum absolute atomic E-state index is 11.7. The molecule has 1 atom stereocenters. The first-order chi connectivity index (χ1) is 9.01. The third-order valence-electron chi connectivity index (χ3n) is 3.24. The summed E-state index contributed by atoms with van der Waals surface area (Å²) in [6.07, 6.45) is 3.18. The van der Waals surface area contributed by atoms with E-state index in [0.29, 0.717) is 29.8 Å². The predicted octanol–water partition coefficient (Wildman–Crippen LogP) is 1.00. The monoisotopic (exact) mass is 284 g/mol. The molecule has 0 saturated carbocycles. The lowest BCUT2D eigenvalue weighted by Crippen LogP contribution is -2.25. The van der Waals surface area contributed by atoms with Gasteiger partial charge in [-0.15, -0.1) is 0 Å². The molecule has 19 heavy (non-hydrogen) atoms. The molecular formula is C12H20N4O2S. The van der Waals surface area contributed by atoms with Gasteiger partial charge in [-0.25, -0.2) is 18.4 Å². The molecule has 1 aliphatic heterocycles. The standard InChI is InChI=1S/C12H20N4O2S/c1-2-4-11-15-10(13)7-12(16-11)14-8-9-5-3-6-19(9,17)18/h7,9H,2-6,8H2,1H3,(H3,13,14,15,16). The Hall–Kier alpha value is -1.37. The lowest BCUT2D eigenvalue weighted by atomic mass is 10.2. The van der Waals surface area contributed by atoms with Crippen molar-refractivity contribution in [3.05, 3.63) is 11.9 Å². The molecule has 0 bridgehead atoms. The van der Waals surface area contributed by atoms with Crippen LogP contribution in [0.3, 0.4) is 0 Å². The van der Waals surface area contributed by atoms with Crippen molar-refractivity contribution >= 4 is 21.5 Å². The number of nitrogens with two attached hydrogens (primary N) is 1. The lowest BCUT2D eigenvalue weighted by Gasteiger charge is -2.12. The molecule has 106 valence electrons. The molecule has 1 aliphatic rings. The highest BCUT2D eigenvalue weighted by molar-refractivity contribution is 7.92. The van der Waals surface area contributed by atoms with E-state index in [0.717, 1.165) is 25.7 Å². The van der Waals surface area contributed by atoms with Gasteiger partial charge in [0.1, 0.15) is 17.5 Å². The zero-order chi connectivity index (χ0) is 13.9. The van der Waals surface area contributed by atoms with Crippen molar-refractivity contribution in [3.8, 4) is 0 Å². The summed E-state index contributed by atoms with van der Waals surface area (Å²) in [6, 6.07) is 1.64. The van der Waals surface area contributed by atoms with Crippen LogP contribution in [0.1, 0.15) is 32.0 Å². The molecule has 1 aromatic rings. The van der Waals surface area contributed by atoms with E-state index in [9.17, 15) is 8.42 Å². The normalized spacial score (nSPS) is 21.4. The molecule has 2 rings (SSSR count). The fourth-order valence-corrected chi connectivity index (χ4v) is 4.01.